The Morgan fingerprint density at radius 2 is 2.08 bits per heavy atom. The van der Waals surface area contributed by atoms with E-state index < -0.39 is 0 Å². The molecule has 2 fully saturated rings. The van der Waals surface area contributed by atoms with Gasteiger partial charge in [-0.3, -0.25) is 9.59 Å². The van der Waals surface area contributed by atoms with Gasteiger partial charge in [0.2, 0.25) is 5.91 Å². The number of piperidine rings is 1. The first kappa shape index (κ1) is 17.9. The molecule has 7 nitrogen and oxygen atoms in total. The van der Waals surface area contributed by atoms with Crippen LogP contribution in [-0.2, 0) is 16.6 Å². The molecule has 25 heavy (non-hydrogen) atoms. The van der Waals surface area contributed by atoms with Crippen LogP contribution in [0, 0.1) is 0 Å². The van der Waals surface area contributed by atoms with Gasteiger partial charge in [0.15, 0.2) is 5.82 Å². The van der Waals surface area contributed by atoms with Gasteiger partial charge >= 0.3 is 0 Å². The molecule has 0 radical (unpaired) electrons. The number of amides is 1. The van der Waals surface area contributed by atoms with Crippen LogP contribution in [0.5, 0.6) is 0 Å². The monoisotopic (exact) mass is 348 g/mol. The zero-order chi connectivity index (χ0) is 17.8. The van der Waals surface area contributed by atoms with E-state index in [1.807, 2.05) is 4.90 Å². The quantitative estimate of drug-likeness (QED) is 0.866. The molecule has 0 bridgehead atoms. The van der Waals surface area contributed by atoms with Crippen molar-refractivity contribution in [1.29, 1.82) is 0 Å². The average molecular weight is 348 g/mol. The number of hydrogen-bond donors (Lipinski definition) is 1. The van der Waals surface area contributed by atoms with E-state index in [1.165, 1.54) is 0 Å². The predicted molar refractivity (Wildman–Crippen MR) is 95.7 cm³/mol. The molecule has 0 saturated carbocycles. The minimum atomic E-state index is -0.0734. The Balaban J connectivity index is 1.42. The maximum Gasteiger partial charge on any atom is 0.293 e. The molecule has 1 N–H and O–H groups in total. The van der Waals surface area contributed by atoms with Gasteiger partial charge in [0.25, 0.3) is 5.56 Å². The summed E-state index contributed by atoms with van der Waals surface area (Å²) < 4.78 is 7.30. The zero-order valence-electron chi connectivity index (χ0n) is 15.1. The lowest BCUT2D eigenvalue weighted by Gasteiger charge is -2.32. The molecule has 2 atom stereocenters. The summed E-state index contributed by atoms with van der Waals surface area (Å²) in [6.07, 6.45) is 9.04. The van der Waals surface area contributed by atoms with E-state index in [-0.39, 0.29) is 23.6 Å². The van der Waals surface area contributed by atoms with E-state index in [4.69, 9.17) is 4.74 Å². The Hall–Kier alpha value is -1.89. The zero-order valence-corrected chi connectivity index (χ0v) is 15.1. The Bertz CT molecular complexity index is 652. The number of aromatic nitrogens is 2. The second-order valence-corrected chi connectivity index (χ2v) is 7.18. The van der Waals surface area contributed by atoms with Gasteiger partial charge in [-0.1, -0.05) is 0 Å². The number of carbonyl (C=O) groups is 1. The molecule has 1 amide bonds. The van der Waals surface area contributed by atoms with Crippen molar-refractivity contribution in [1.82, 2.24) is 14.9 Å². The molecule has 3 heterocycles. The molecule has 2 saturated heterocycles. The molecule has 3 rings (SSSR count). The molecule has 1 aromatic rings. The summed E-state index contributed by atoms with van der Waals surface area (Å²) in [5.74, 6) is 0.609. The summed E-state index contributed by atoms with van der Waals surface area (Å²) in [7, 11) is 1.73. The molecule has 7 heteroatoms. The number of carbonyl (C=O) groups excluding carboxylic acids is 1. The first-order valence-electron chi connectivity index (χ1n) is 9.24. The van der Waals surface area contributed by atoms with Gasteiger partial charge < -0.3 is 19.5 Å². The van der Waals surface area contributed by atoms with Crippen molar-refractivity contribution >= 4 is 11.7 Å². The van der Waals surface area contributed by atoms with E-state index in [1.54, 1.807) is 24.0 Å². The number of hydrogen-bond acceptors (Lipinski definition) is 5. The van der Waals surface area contributed by atoms with Crippen molar-refractivity contribution in [2.24, 2.45) is 7.05 Å². The Morgan fingerprint density at radius 1 is 1.32 bits per heavy atom. The van der Waals surface area contributed by atoms with E-state index in [9.17, 15) is 9.59 Å². The maximum absolute atomic E-state index is 12.2. The Morgan fingerprint density at radius 3 is 2.76 bits per heavy atom. The van der Waals surface area contributed by atoms with Crippen LogP contribution in [0.3, 0.4) is 0 Å². The molecule has 0 aliphatic carbocycles. The summed E-state index contributed by atoms with van der Waals surface area (Å²) in [5, 5.41) is 3.13. The number of nitrogens with one attached hydrogen (secondary N) is 1. The van der Waals surface area contributed by atoms with Crippen molar-refractivity contribution in [2.45, 2.75) is 63.7 Å². The lowest BCUT2D eigenvalue weighted by molar-refractivity contribution is -0.122. The van der Waals surface area contributed by atoms with E-state index in [0.29, 0.717) is 18.3 Å². The lowest BCUT2D eigenvalue weighted by Crippen LogP contribution is -2.46. The standard InChI is InChI=1S/C18H28N4O3/c1-13-3-4-15(25-13)5-6-16(23)20-14-7-10-22(11-8-14)17-18(24)21(2)12-9-19-17/h9,12-15H,3-8,10-11H2,1-2H3,(H,20,23)/t13-,15-/m0/s1. The fraction of sp³-hybridized carbons (Fsp3) is 0.722. The van der Waals surface area contributed by atoms with Crippen molar-refractivity contribution < 1.29 is 9.53 Å². The molecular weight excluding hydrogens is 320 g/mol. The summed E-state index contributed by atoms with van der Waals surface area (Å²) >= 11 is 0. The van der Waals surface area contributed by atoms with Crippen LogP contribution < -0.4 is 15.8 Å². The molecule has 0 unspecified atom stereocenters. The van der Waals surface area contributed by atoms with Crippen molar-refractivity contribution in [3.8, 4) is 0 Å². The normalized spacial score (nSPS) is 24.5. The third-order valence-electron chi connectivity index (χ3n) is 5.17. The molecule has 1 aromatic heterocycles. The second kappa shape index (κ2) is 7.99. The molecule has 138 valence electrons. The minimum absolute atomic E-state index is 0.0734. The SMILES string of the molecule is C[C@H]1CC[C@@H](CCC(=O)NC2CCN(c3nccn(C)c3=O)CC2)O1. The number of anilines is 1. The third-order valence-corrected chi connectivity index (χ3v) is 5.17. The highest BCUT2D eigenvalue weighted by atomic mass is 16.5. The molecule has 2 aliphatic rings. The summed E-state index contributed by atoms with van der Waals surface area (Å²) in [4.78, 5) is 30.5. The second-order valence-electron chi connectivity index (χ2n) is 7.18. The van der Waals surface area contributed by atoms with Gasteiger partial charge in [0.1, 0.15) is 0 Å². The Kier molecular flexibility index (Phi) is 5.73. The van der Waals surface area contributed by atoms with E-state index in [2.05, 4.69) is 17.2 Å². The first-order chi connectivity index (χ1) is 12.0. The van der Waals surface area contributed by atoms with Gasteiger partial charge in [-0.25, -0.2) is 4.98 Å². The summed E-state index contributed by atoms with van der Waals surface area (Å²) in [6.45, 7) is 3.56. The summed E-state index contributed by atoms with van der Waals surface area (Å²) in [5.41, 5.74) is -0.0734. The smallest absolute Gasteiger partial charge is 0.293 e. The van der Waals surface area contributed by atoms with Crippen LogP contribution in [0.1, 0.15) is 45.4 Å². The molecule has 0 spiro atoms. The fourth-order valence-corrected chi connectivity index (χ4v) is 3.63. The topological polar surface area (TPSA) is 76.5 Å². The highest BCUT2D eigenvalue weighted by molar-refractivity contribution is 5.76. The lowest BCUT2D eigenvalue weighted by atomic mass is 10.0. The summed E-state index contributed by atoms with van der Waals surface area (Å²) in [6, 6.07) is 0.180. The predicted octanol–water partition coefficient (Wildman–Crippen LogP) is 1.21. The van der Waals surface area contributed by atoms with E-state index in [0.717, 1.165) is 45.2 Å². The highest BCUT2D eigenvalue weighted by Gasteiger charge is 2.25. The van der Waals surface area contributed by atoms with Crippen LogP contribution >= 0.6 is 0 Å². The minimum Gasteiger partial charge on any atom is -0.375 e. The van der Waals surface area contributed by atoms with Crippen LogP contribution in [0.2, 0.25) is 0 Å². The maximum atomic E-state index is 12.2. The molecule has 2 aliphatic heterocycles. The molecular formula is C18H28N4O3. The molecule has 0 aromatic carbocycles. The van der Waals surface area contributed by atoms with Gasteiger partial charge in [0.05, 0.1) is 12.2 Å². The van der Waals surface area contributed by atoms with Crippen LogP contribution in [-0.4, -0.2) is 46.8 Å². The average Bonchev–Trinajstić information content (AvgIpc) is 3.02. The van der Waals surface area contributed by atoms with Crippen molar-refractivity contribution in [2.75, 3.05) is 18.0 Å². The third kappa shape index (κ3) is 4.60. The Labute approximate surface area is 148 Å². The fourth-order valence-electron chi connectivity index (χ4n) is 3.63. The van der Waals surface area contributed by atoms with Gasteiger partial charge in [-0.2, -0.15) is 0 Å². The van der Waals surface area contributed by atoms with Crippen molar-refractivity contribution in [3.05, 3.63) is 22.7 Å². The first-order valence-corrected chi connectivity index (χ1v) is 9.24. The van der Waals surface area contributed by atoms with Crippen molar-refractivity contribution in [3.63, 3.8) is 0 Å². The van der Waals surface area contributed by atoms with Gasteiger partial charge in [0, 0.05) is 45.0 Å². The van der Waals surface area contributed by atoms with Gasteiger partial charge in [-0.15, -0.1) is 0 Å². The number of rotatable bonds is 5. The number of aryl methyl sites for hydroxylation is 1. The van der Waals surface area contributed by atoms with E-state index >= 15 is 0 Å². The number of nitrogens with zero attached hydrogens (tertiary/aromatic N) is 3. The van der Waals surface area contributed by atoms with Crippen LogP contribution in [0.4, 0.5) is 5.82 Å². The van der Waals surface area contributed by atoms with Crippen LogP contribution in [0.15, 0.2) is 17.2 Å². The highest BCUT2D eigenvalue weighted by Crippen LogP contribution is 2.22. The largest absolute Gasteiger partial charge is 0.375 e. The van der Waals surface area contributed by atoms with Crippen LogP contribution in [0.25, 0.3) is 0 Å². The number of ether oxygens (including phenoxy) is 1. The van der Waals surface area contributed by atoms with Gasteiger partial charge in [-0.05, 0) is 39.0 Å².